The Balaban J connectivity index is 1.43. The van der Waals surface area contributed by atoms with Crippen molar-refractivity contribution < 1.29 is 14.3 Å². The molecule has 5 atom stereocenters. The van der Waals surface area contributed by atoms with E-state index in [-0.39, 0.29) is 30.6 Å². The molecule has 0 unspecified atom stereocenters. The Kier molecular flexibility index (Phi) is 4.74. The van der Waals surface area contributed by atoms with Crippen LogP contribution in [-0.4, -0.2) is 35.5 Å². The quantitative estimate of drug-likeness (QED) is 0.750. The normalized spacial score (nSPS) is 37.4. The van der Waals surface area contributed by atoms with Crippen LogP contribution in [0.3, 0.4) is 0 Å². The van der Waals surface area contributed by atoms with E-state index >= 15 is 0 Å². The van der Waals surface area contributed by atoms with Crippen LogP contribution in [-0.2, 0) is 14.3 Å². The minimum absolute atomic E-state index is 0.0269. The number of hydrogen-bond donors (Lipinski definition) is 0. The summed E-state index contributed by atoms with van der Waals surface area (Å²) in [6.45, 7) is 4.10. The summed E-state index contributed by atoms with van der Waals surface area (Å²) >= 11 is 0. The molecule has 1 amide bonds. The van der Waals surface area contributed by atoms with Crippen LogP contribution in [0, 0.1) is 17.8 Å². The molecule has 0 N–H and O–H groups in total. The highest BCUT2D eigenvalue weighted by atomic mass is 16.5. The van der Waals surface area contributed by atoms with Crippen LogP contribution in [0.15, 0.2) is 0 Å². The van der Waals surface area contributed by atoms with Gasteiger partial charge in [-0.25, -0.2) is 0 Å². The highest BCUT2D eigenvalue weighted by molar-refractivity contribution is 5.81. The van der Waals surface area contributed by atoms with Crippen molar-refractivity contribution in [1.29, 1.82) is 0 Å². The fraction of sp³-hybridized carbons (Fsp3) is 0.889. The van der Waals surface area contributed by atoms with Gasteiger partial charge in [-0.2, -0.15) is 0 Å². The molecule has 2 saturated carbocycles. The predicted octanol–water partition coefficient (Wildman–Crippen LogP) is 3.15. The first kappa shape index (κ1) is 15.8. The molecule has 2 aliphatic carbocycles. The third kappa shape index (κ3) is 3.31. The molecule has 3 aliphatic rings. The number of amides is 1. The SMILES string of the molecule is C[C@@H]1CCC[C@H](C)N1C(=O)COC(=O)C[C@@H]1C[C@H]2CC[C@H]1C2. The van der Waals surface area contributed by atoms with Gasteiger partial charge in [-0.15, -0.1) is 0 Å². The summed E-state index contributed by atoms with van der Waals surface area (Å²) in [5.74, 6) is 1.88. The van der Waals surface area contributed by atoms with Gasteiger partial charge in [0.15, 0.2) is 6.61 Å². The Morgan fingerprint density at radius 2 is 1.77 bits per heavy atom. The fourth-order valence-electron chi connectivity index (χ4n) is 5.03. The van der Waals surface area contributed by atoms with Crippen LogP contribution in [0.5, 0.6) is 0 Å². The molecule has 3 fully saturated rings. The van der Waals surface area contributed by atoms with Crippen molar-refractivity contribution in [3.8, 4) is 0 Å². The average molecular weight is 307 g/mol. The van der Waals surface area contributed by atoms with E-state index in [1.54, 1.807) is 0 Å². The molecule has 0 aromatic carbocycles. The molecule has 4 nitrogen and oxygen atoms in total. The monoisotopic (exact) mass is 307 g/mol. The second-order valence-corrected chi connectivity index (χ2v) is 7.73. The van der Waals surface area contributed by atoms with E-state index in [0.29, 0.717) is 12.3 Å². The van der Waals surface area contributed by atoms with Crippen LogP contribution in [0.25, 0.3) is 0 Å². The molecule has 22 heavy (non-hydrogen) atoms. The molecule has 0 aromatic heterocycles. The van der Waals surface area contributed by atoms with Gasteiger partial charge in [-0.05, 0) is 70.1 Å². The Hall–Kier alpha value is -1.06. The van der Waals surface area contributed by atoms with E-state index in [0.717, 1.165) is 24.7 Å². The summed E-state index contributed by atoms with van der Waals surface area (Å²) in [5, 5.41) is 0. The second kappa shape index (κ2) is 6.59. The van der Waals surface area contributed by atoms with E-state index in [1.165, 1.54) is 32.1 Å². The fourth-order valence-corrected chi connectivity index (χ4v) is 5.03. The number of nitrogens with zero attached hydrogens (tertiary/aromatic N) is 1. The number of hydrogen-bond acceptors (Lipinski definition) is 3. The number of carbonyl (C=O) groups is 2. The van der Waals surface area contributed by atoms with Crippen LogP contribution in [0.1, 0.15) is 65.2 Å². The number of ether oxygens (including phenoxy) is 1. The maximum absolute atomic E-state index is 12.3. The molecule has 1 aliphatic heterocycles. The molecule has 0 radical (unpaired) electrons. The lowest BCUT2D eigenvalue weighted by Gasteiger charge is -2.38. The van der Waals surface area contributed by atoms with Crippen LogP contribution < -0.4 is 0 Å². The highest BCUT2D eigenvalue weighted by Crippen LogP contribution is 2.49. The Morgan fingerprint density at radius 1 is 1.05 bits per heavy atom. The number of likely N-dealkylation sites (tertiary alicyclic amines) is 1. The molecular weight excluding hydrogens is 278 g/mol. The van der Waals surface area contributed by atoms with Crippen molar-refractivity contribution in [1.82, 2.24) is 4.90 Å². The first-order chi connectivity index (χ1) is 10.5. The summed E-state index contributed by atoms with van der Waals surface area (Å²) in [6, 6.07) is 0.529. The van der Waals surface area contributed by atoms with Gasteiger partial charge < -0.3 is 9.64 Å². The summed E-state index contributed by atoms with van der Waals surface area (Å²) in [4.78, 5) is 26.3. The van der Waals surface area contributed by atoms with Crippen molar-refractivity contribution in [3.63, 3.8) is 0 Å². The van der Waals surface area contributed by atoms with Crippen molar-refractivity contribution in [2.24, 2.45) is 17.8 Å². The van der Waals surface area contributed by atoms with Crippen molar-refractivity contribution in [2.45, 2.75) is 77.3 Å². The smallest absolute Gasteiger partial charge is 0.306 e. The van der Waals surface area contributed by atoms with Gasteiger partial charge in [0.2, 0.25) is 0 Å². The third-order valence-electron chi connectivity index (χ3n) is 6.15. The lowest BCUT2D eigenvalue weighted by Crippen LogP contribution is -2.49. The van der Waals surface area contributed by atoms with Gasteiger partial charge >= 0.3 is 5.97 Å². The molecule has 1 saturated heterocycles. The Labute approximate surface area is 133 Å². The van der Waals surface area contributed by atoms with Crippen LogP contribution in [0.2, 0.25) is 0 Å². The average Bonchev–Trinajstić information content (AvgIpc) is 3.07. The molecule has 0 aromatic rings. The largest absolute Gasteiger partial charge is 0.456 e. The van der Waals surface area contributed by atoms with E-state index in [1.807, 2.05) is 4.90 Å². The molecule has 124 valence electrons. The number of carbonyl (C=O) groups excluding carboxylic acids is 2. The van der Waals surface area contributed by atoms with Gasteiger partial charge in [0.1, 0.15) is 0 Å². The minimum Gasteiger partial charge on any atom is -0.456 e. The standard InChI is InChI=1S/C18H29NO3/c1-12-4-3-5-13(2)19(12)17(20)11-22-18(21)10-16-9-14-6-7-15(16)8-14/h12-16H,3-11H2,1-2H3/t12-,13+,14-,15-,16-/m0/s1. The van der Waals surface area contributed by atoms with Crippen molar-refractivity contribution >= 4 is 11.9 Å². The number of esters is 1. The van der Waals surface area contributed by atoms with E-state index in [9.17, 15) is 9.59 Å². The zero-order valence-corrected chi connectivity index (χ0v) is 13.9. The van der Waals surface area contributed by atoms with Crippen LogP contribution in [0.4, 0.5) is 0 Å². The number of piperidine rings is 1. The van der Waals surface area contributed by atoms with Gasteiger partial charge in [-0.1, -0.05) is 6.42 Å². The zero-order valence-electron chi connectivity index (χ0n) is 13.9. The van der Waals surface area contributed by atoms with Gasteiger partial charge in [0, 0.05) is 18.5 Å². The Morgan fingerprint density at radius 3 is 2.36 bits per heavy atom. The maximum Gasteiger partial charge on any atom is 0.306 e. The first-order valence-corrected chi connectivity index (χ1v) is 9.01. The Bertz CT molecular complexity index is 426. The molecule has 1 heterocycles. The number of fused-ring (bicyclic) bond motifs is 2. The summed E-state index contributed by atoms with van der Waals surface area (Å²) < 4.78 is 5.29. The van der Waals surface area contributed by atoms with E-state index in [2.05, 4.69) is 13.8 Å². The topological polar surface area (TPSA) is 46.6 Å². The molecule has 2 bridgehead atoms. The van der Waals surface area contributed by atoms with Gasteiger partial charge in [0.05, 0.1) is 0 Å². The minimum atomic E-state index is -0.178. The predicted molar refractivity (Wildman–Crippen MR) is 84.1 cm³/mol. The molecule has 0 spiro atoms. The maximum atomic E-state index is 12.3. The molecule has 4 heteroatoms. The summed E-state index contributed by atoms with van der Waals surface area (Å²) in [6.07, 6.45) is 8.91. The lowest BCUT2D eigenvalue weighted by molar-refractivity contribution is -0.155. The second-order valence-electron chi connectivity index (χ2n) is 7.73. The first-order valence-electron chi connectivity index (χ1n) is 9.01. The lowest BCUT2D eigenvalue weighted by atomic mass is 9.86. The van der Waals surface area contributed by atoms with E-state index < -0.39 is 0 Å². The number of rotatable bonds is 4. The zero-order chi connectivity index (χ0) is 15.7. The van der Waals surface area contributed by atoms with Crippen molar-refractivity contribution in [3.05, 3.63) is 0 Å². The third-order valence-corrected chi connectivity index (χ3v) is 6.15. The van der Waals surface area contributed by atoms with Crippen LogP contribution >= 0.6 is 0 Å². The van der Waals surface area contributed by atoms with Gasteiger partial charge in [0.25, 0.3) is 5.91 Å². The summed E-state index contributed by atoms with van der Waals surface area (Å²) in [7, 11) is 0. The van der Waals surface area contributed by atoms with Crippen molar-refractivity contribution in [2.75, 3.05) is 6.61 Å². The van der Waals surface area contributed by atoms with E-state index in [4.69, 9.17) is 4.74 Å². The highest BCUT2D eigenvalue weighted by Gasteiger charge is 2.40. The summed E-state index contributed by atoms with van der Waals surface area (Å²) in [5.41, 5.74) is 0. The van der Waals surface area contributed by atoms with Gasteiger partial charge in [-0.3, -0.25) is 9.59 Å². The molecule has 3 rings (SSSR count). The molecular formula is C18H29NO3.